The van der Waals surface area contributed by atoms with Gasteiger partial charge in [-0.25, -0.2) is 4.79 Å². The maximum absolute atomic E-state index is 11.3. The third kappa shape index (κ3) is 2.85. The highest BCUT2D eigenvalue weighted by Crippen LogP contribution is 2.19. The van der Waals surface area contributed by atoms with Crippen LogP contribution in [0.25, 0.3) is 0 Å². The summed E-state index contributed by atoms with van der Waals surface area (Å²) in [5.41, 5.74) is 5.50. The van der Waals surface area contributed by atoms with Crippen LogP contribution in [0.5, 0.6) is 0 Å². The van der Waals surface area contributed by atoms with Gasteiger partial charge in [0.15, 0.2) is 0 Å². The second-order valence-electron chi connectivity index (χ2n) is 2.85. The Hall–Kier alpha value is -1.24. The number of nitrogen functional groups attached to an aromatic ring is 1. The number of methoxy groups -OCH3 is 1. The van der Waals surface area contributed by atoms with Crippen molar-refractivity contribution >= 4 is 23.8 Å². The van der Waals surface area contributed by atoms with E-state index in [0.717, 1.165) is 18.6 Å². The number of thioether (sulfide) groups is 1. The Balaban J connectivity index is 2.75. The predicted molar refractivity (Wildman–Crippen MR) is 57.9 cm³/mol. The number of hydrogen-bond acceptors (Lipinski definition) is 6. The summed E-state index contributed by atoms with van der Waals surface area (Å²) in [7, 11) is 1.29. The Kier molecular flexibility index (Phi) is 4.41. The van der Waals surface area contributed by atoms with Gasteiger partial charge in [-0.05, 0) is 6.42 Å². The molecule has 1 aromatic rings. The lowest BCUT2D eigenvalue weighted by molar-refractivity contribution is 0.171. The van der Waals surface area contributed by atoms with Crippen LogP contribution in [0.2, 0.25) is 0 Å². The van der Waals surface area contributed by atoms with Gasteiger partial charge in [0.1, 0.15) is 0 Å². The monoisotopic (exact) mass is 230 g/mol. The molecule has 0 amide bonds. The Morgan fingerprint density at radius 2 is 2.33 bits per heavy atom. The molecule has 0 aliphatic heterocycles. The zero-order chi connectivity index (χ0) is 11.3. The van der Waals surface area contributed by atoms with E-state index >= 15 is 0 Å². The van der Waals surface area contributed by atoms with E-state index in [1.165, 1.54) is 23.4 Å². The molecule has 84 valence electrons. The first-order valence-electron chi connectivity index (χ1n) is 4.62. The number of rotatable bonds is 4. The third-order valence-electron chi connectivity index (χ3n) is 1.74. The third-order valence-corrected chi connectivity index (χ3v) is 2.76. The molecule has 6 nitrogen and oxygen atoms in total. The van der Waals surface area contributed by atoms with Crippen molar-refractivity contribution in [3.8, 4) is 0 Å². The summed E-state index contributed by atoms with van der Waals surface area (Å²) in [6, 6.07) is 0. The summed E-state index contributed by atoms with van der Waals surface area (Å²) in [6.45, 7) is 2.10. The summed E-state index contributed by atoms with van der Waals surface area (Å²) in [4.78, 5) is 11.3. The van der Waals surface area contributed by atoms with Gasteiger partial charge in [-0.2, -0.15) is 4.57 Å². The van der Waals surface area contributed by atoms with E-state index in [0.29, 0.717) is 5.16 Å². The summed E-state index contributed by atoms with van der Waals surface area (Å²) in [5, 5.41) is 7.92. The highest BCUT2D eigenvalue weighted by molar-refractivity contribution is 7.99. The van der Waals surface area contributed by atoms with Crippen LogP contribution in [0.1, 0.15) is 19.8 Å². The SMILES string of the molecule is CCCCSc1nnc(N)n1C(=O)OC. The maximum Gasteiger partial charge on any atom is 0.422 e. The van der Waals surface area contributed by atoms with Crippen LogP contribution in [0.3, 0.4) is 0 Å². The van der Waals surface area contributed by atoms with Crippen LogP contribution < -0.4 is 5.73 Å². The van der Waals surface area contributed by atoms with Gasteiger partial charge >= 0.3 is 6.09 Å². The van der Waals surface area contributed by atoms with Gasteiger partial charge < -0.3 is 10.5 Å². The Morgan fingerprint density at radius 1 is 1.60 bits per heavy atom. The van der Waals surface area contributed by atoms with Crippen LogP contribution >= 0.6 is 11.8 Å². The molecule has 0 spiro atoms. The van der Waals surface area contributed by atoms with E-state index in [2.05, 4.69) is 21.9 Å². The van der Waals surface area contributed by atoms with E-state index in [1.54, 1.807) is 0 Å². The zero-order valence-corrected chi connectivity index (χ0v) is 9.58. The molecule has 0 radical (unpaired) electrons. The average Bonchev–Trinajstić information content (AvgIpc) is 2.59. The fourth-order valence-corrected chi connectivity index (χ4v) is 1.96. The first-order chi connectivity index (χ1) is 7.20. The minimum Gasteiger partial charge on any atom is -0.452 e. The smallest absolute Gasteiger partial charge is 0.422 e. The van der Waals surface area contributed by atoms with Gasteiger partial charge in [-0.15, -0.1) is 10.2 Å². The number of nitrogens with two attached hydrogens (primary N) is 1. The number of unbranched alkanes of at least 4 members (excludes halogenated alkanes) is 1. The normalized spacial score (nSPS) is 10.3. The van der Waals surface area contributed by atoms with Crippen molar-refractivity contribution in [1.82, 2.24) is 14.8 Å². The van der Waals surface area contributed by atoms with E-state index < -0.39 is 6.09 Å². The molecule has 0 aliphatic rings. The van der Waals surface area contributed by atoms with Crippen molar-refractivity contribution < 1.29 is 9.53 Å². The lowest BCUT2D eigenvalue weighted by Gasteiger charge is -2.03. The number of aromatic nitrogens is 3. The molecule has 1 heterocycles. The lowest BCUT2D eigenvalue weighted by Crippen LogP contribution is -2.15. The summed E-state index contributed by atoms with van der Waals surface area (Å²) in [6.07, 6.45) is 1.59. The molecule has 1 rings (SSSR count). The van der Waals surface area contributed by atoms with Crippen LogP contribution in [0.4, 0.5) is 10.7 Å². The lowest BCUT2D eigenvalue weighted by atomic mass is 10.4. The van der Waals surface area contributed by atoms with Gasteiger partial charge in [0, 0.05) is 5.75 Å². The van der Waals surface area contributed by atoms with Crippen molar-refractivity contribution in [3.63, 3.8) is 0 Å². The van der Waals surface area contributed by atoms with E-state index in [1.807, 2.05) is 0 Å². The standard InChI is InChI=1S/C8H14N4O2S/c1-3-4-5-15-7-11-10-6(9)12(7)8(13)14-2/h3-5H2,1-2H3,(H2,9,10). The fourth-order valence-electron chi connectivity index (χ4n) is 0.946. The molecule has 2 N–H and O–H groups in total. The molecule has 0 aromatic carbocycles. The van der Waals surface area contributed by atoms with Gasteiger partial charge in [0.2, 0.25) is 11.1 Å². The minimum atomic E-state index is -0.559. The number of nitrogens with zero attached hydrogens (tertiary/aromatic N) is 3. The van der Waals surface area contributed by atoms with E-state index in [-0.39, 0.29) is 5.95 Å². The molecule has 15 heavy (non-hydrogen) atoms. The molecule has 0 unspecified atom stereocenters. The Morgan fingerprint density at radius 3 is 2.93 bits per heavy atom. The average molecular weight is 230 g/mol. The molecule has 0 bridgehead atoms. The molecule has 0 fully saturated rings. The van der Waals surface area contributed by atoms with Gasteiger partial charge in [0.05, 0.1) is 7.11 Å². The van der Waals surface area contributed by atoms with E-state index in [9.17, 15) is 4.79 Å². The summed E-state index contributed by atoms with van der Waals surface area (Å²) in [5.74, 6) is 0.937. The number of carbonyl (C=O) groups is 1. The predicted octanol–water partition coefficient (Wildman–Crippen LogP) is 1.37. The van der Waals surface area contributed by atoms with E-state index in [4.69, 9.17) is 5.73 Å². The van der Waals surface area contributed by atoms with Gasteiger partial charge in [0.25, 0.3) is 0 Å². The highest BCUT2D eigenvalue weighted by Gasteiger charge is 2.16. The largest absolute Gasteiger partial charge is 0.452 e. The Labute approximate surface area is 92.2 Å². The number of ether oxygens (including phenoxy) is 1. The molecule has 0 atom stereocenters. The minimum absolute atomic E-state index is 0.0563. The molecule has 1 aromatic heterocycles. The van der Waals surface area contributed by atoms with Crippen LogP contribution in [0, 0.1) is 0 Å². The topological polar surface area (TPSA) is 83.0 Å². The number of anilines is 1. The number of hydrogen-bond donors (Lipinski definition) is 1. The fraction of sp³-hybridized carbons (Fsp3) is 0.625. The van der Waals surface area contributed by atoms with Crippen LogP contribution in [-0.4, -0.2) is 33.7 Å². The Bertz CT molecular complexity index is 339. The summed E-state index contributed by atoms with van der Waals surface area (Å²) < 4.78 is 5.74. The molecule has 7 heteroatoms. The van der Waals surface area contributed by atoms with Gasteiger partial charge in [-0.1, -0.05) is 25.1 Å². The van der Waals surface area contributed by atoms with Crippen molar-refractivity contribution in [2.45, 2.75) is 24.9 Å². The second kappa shape index (κ2) is 5.59. The molecule has 0 aliphatic carbocycles. The highest BCUT2D eigenvalue weighted by atomic mass is 32.2. The number of carbonyl (C=O) groups excluding carboxylic acids is 1. The quantitative estimate of drug-likeness (QED) is 0.621. The first kappa shape index (κ1) is 11.8. The second-order valence-corrected chi connectivity index (χ2v) is 3.91. The summed E-state index contributed by atoms with van der Waals surface area (Å²) >= 11 is 1.44. The van der Waals surface area contributed by atoms with Crippen molar-refractivity contribution in [3.05, 3.63) is 0 Å². The van der Waals surface area contributed by atoms with Gasteiger partial charge in [-0.3, -0.25) is 0 Å². The van der Waals surface area contributed by atoms with Crippen molar-refractivity contribution in [2.24, 2.45) is 0 Å². The maximum atomic E-state index is 11.3. The van der Waals surface area contributed by atoms with Crippen LogP contribution in [-0.2, 0) is 4.74 Å². The molecule has 0 saturated heterocycles. The zero-order valence-electron chi connectivity index (χ0n) is 8.77. The van der Waals surface area contributed by atoms with Crippen molar-refractivity contribution in [2.75, 3.05) is 18.6 Å². The molecular formula is C8H14N4O2S. The molecule has 0 saturated carbocycles. The van der Waals surface area contributed by atoms with Crippen LogP contribution in [0.15, 0.2) is 5.16 Å². The first-order valence-corrected chi connectivity index (χ1v) is 5.61. The van der Waals surface area contributed by atoms with Crippen molar-refractivity contribution in [1.29, 1.82) is 0 Å². The molecular weight excluding hydrogens is 216 g/mol.